The fourth-order valence-electron chi connectivity index (χ4n) is 5.71. The number of aliphatic imine (C=N–C) groups is 1. The summed E-state index contributed by atoms with van der Waals surface area (Å²) in [6.07, 6.45) is 3.11. The Hall–Kier alpha value is -3.04. The van der Waals surface area contributed by atoms with Crippen LogP contribution in [0.2, 0.25) is 0 Å². The fourth-order valence-corrected chi connectivity index (χ4v) is 5.71. The highest BCUT2D eigenvalue weighted by atomic mass is 16.5. The van der Waals surface area contributed by atoms with Crippen molar-refractivity contribution < 1.29 is 29.6 Å². The summed E-state index contributed by atoms with van der Waals surface area (Å²) < 4.78 is 11.9. The summed E-state index contributed by atoms with van der Waals surface area (Å²) in [6.45, 7) is 6.44. The van der Waals surface area contributed by atoms with E-state index >= 15 is 0 Å². The van der Waals surface area contributed by atoms with Crippen LogP contribution in [-0.2, 0) is 16.0 Å². The molecule has 1 aromatic rings. The van der Waals surface area contributed by atoms with Gasteiger partial charge in [0.2, 0.25) is 0 Å². The molecular formula is C32H51N5O6. The van der Waals surface area contributed by atoms with Crippen molar-refractivity contribution in [3.8, 4) is 23.3 Å². The van der Waals surface area contributed by atoms with Gasteiger partial charge in [0.25, 0.3) is 0 Å². The van der Waals surface area contributed by atoms with Crippen LogP contribution < -0.4 is 26.4 Å². The zero-order valence-electron chi connectivity index (χ0n) is 25.9. The number of guanidine groups is 1. The van der Waals surface area contributed by atoms with E-state index in [4.69, 9.17) is 15.2 Å². The molecule has 3 rings (SSSR count). The molecule has 5 atom stereocenters. The highest BCUT2D eigenvalue weighted by Gasteiger charge is 2.33. The van der Waals surface area contributed by atoms with Crippen molar-refractivity contribution in [2.24, 2.45) is 22.1 Å². The third kappa shape index (κ3) is 11.9. The van der Waals surface area contributed by atoms with Crippen LogP contribution in [0.4, 0.5) is 0 Å². The first kappa shape index (κ1) is 34.5. The Balaban J connectivity index is 1.87. The minimum absolute atomic E-state index is 0.0365. The smallest absolute Gasteiger partial charge is 0.302 e. The summed E-state index contributed by atoms with van der Waals surface area (Å²) in [5, 5.41) is 41.1. The Morgan fingerprint density at radius 1 is 1.30 bits per heavy atom. The molecule has 0 saturated carbocycles. The lowest BCUT2D eigenvalue weighted by Gasteiger charge is -2.33. The number of piperidine rings is 1. The maximum Gasteiger partial charge on any atom is 0.302 e. The second kappa shape index (κ2) is 17.3. The molecule has 1 aliphatic heterocycles. The average Bonchev–Trinajstić information content (AvgIpc) is 2.97. The molecule has 0 bridgehead atoms. The number of ether oxygens (including phenoxy) is 2. The van der Waals surface area contributed by atoms with Crippen LogP contribution in [0.25, 0.3) is 0 Å². The Kier molecular flexibility index (Phi) is 13.9. The van der Waals surface area contributed by atoms with Crippen LogP contribution in [0.5, 0.6) is 11.5 Å². The molecule has 2 aliphatic rings. The number of esters is 1. The molecule has 11 heteroatoms. The average molecular weight is 602 g/mol. The summed E-state index contributed by atoms with van der Waals surface area (Å²) in [5.41, 5.74) is 6.39. The van der Waals surface area contributed by atoms with Gasteiger partial charge in [0.1, 0.15) is 12.2 Å². The van der Waals surface area contributed by atoms with E-state index in [1.165, 1.54) is 6.92 Å². The third-order valence-corrected chi connectivity index (χ3v) is 8.19. The second-order valence-electron chi connectivity index (χ2n) is 12.0. The van der Waals surface area contributed by atoms with E-state index in [1.807, 2.05) is 12.1 Å². The standard InChI is InChI=1S/C32H51N5O6/c1-22(38)20-36-16-13-32(21-37-31(33)34-3)11-4-5-25(29(42-23(2)39)19-26(40)8-12-32)17-24-6-7-28(41)30(18-24)43-27-9-14-35-15-10-27/h6-7,18,22,25-27,29,35-36,38,40-41H,5,8-10,12-17,19-21H2,1-3H3,(H3,33,34,37)/t22-,25+,26-,29-,32-/m0/s1. The summed E-state index contributed by atoms with van der Waals surface area (Å²) >= 11 is 0. The molecule has 0 unspecified atom stereocenters. The maximum absolute atomic E-state index is 12.1. The van der Waals surface area contributed by atoms with E-state index in [2.05, 4.69) is 32.8 Å². The van der Waals surface area contributed by atoms with Crippen LogP contribution in [0.1, 0.15) is 64.4 Å². The number of carbonyl (C=O) groups excluding carboxylic acids is 1. The zero-order chi connectivity index (χ0) is 31.2. The zero-order valence-corrected chi connectivity index (χ0v) is 25.9. The highest BCUT2D eigenvalue weighted by Crippen LogP contribution is 2.34. The largest absolute Gasteiger partial charge is 0.504 e. The number of nitrogens with one attached hydrogen (secondary N) is 3. The lowest BCUT2D eigenvalue weighted by atomic mass is 9.77. The minimum atomic E-state index is -0.702. The summed E-state index contributed by atoms with van der Waals surface area (Å²) in [6, 6.07) is 5.36. The Morgan fingerprint density at radius 3 is 2.77 bits per heavy atom. The first-order valence-electron chi connectivity index (χ1n) is 15.5. The van der Waals surface area contributed by atoms with Gasteiger partial charge in [0.15, 0.2) is 17.5 Å². The molecule has 0 spiro atoms. The van der Waals surface area contributed by atoms with Gasteiger partial charge >= 0.3 is 5.97 Å². The number of nitrogens with two attached hydrogens (primary N) is 1. The number of nitrogens with zero attached hydrogens (tertiary/aromatic N) is 1. The number of phenolic OH excluding ortho intramolecular Hbond substituents is 1. The molecule has 0 aromatic heterocycles. The van der Waals surface area contributed by atoms with E-state index < -0.39 is 29.7 Å². The lowest BCUT2D eigenvalue weighted by molar-refractivity contribution is -0.151. The Bertz CT molecular complexity index is 1110. The summed E-state index contributed by atoms with van der Waals surface area (Å²) in [7, 11) is 1.62. The van der Waals surface area contributed by atoms with Gasteiger partial charge in [-0.1, -0.05) is 12.0 Å². The fraction of sp³-hybridized carbons (Fsp3) is 0.688. The molecule has 11 nitrogen and oxygen atoms in total. The highest BCUT2D eigenvalue weighted by molar-refractivity contribution is 5.77. The van der Waals surface area contributed by atoms with Crippen LogP contribution in [-0.4, -0.2) is 91.4 Å². The van der Waals surface area contributed by atoms with Crippen LogP contribution in [0.3, 0.4) is 0 Å². The predicted molar refractivity (Wildman–Crippen MR) is 167 cm³/mol. The number of aromatic hydroxyl groups is 1. The topological polar surface area (TPSA) is 171 Å². The van der Waals surface area contributed by atoms with Gasteiger partial charge in [0.05, 0.1) is 17.6 Å². The van der Waals surface area contributed by atoms with E-state index in [0.29, 0.717) is 69.9 Å². The number of aliphatic hydroxyl groups is 2. The molecule has 0 radical (unpaired) electrons. The summed E-state index contributed by atoms with van der Waals surface area (Å²) in [4.78, 5) is 16.1. The quantitative estimate of drug-likeness (QED) is 0.0611. The van der Waals surface area contributed by atoms with Gasteiger partial charge in [-0.2, -0.15) is 0 Å². The third-order valence-electron chi connectivity index (χ3n) is 8.19. The molecule has 0 amide bonds. The SMILES string of the molecule is CN=C(N)NC[C@@]1(CCNC[C@H](C)O)C#CC[C@H](Cc2ccc(O)c(OC3CCNCC3)c2)[C@@H](OC(C)=O)C[C@@H](O)CC1. The first-order valence-corrected chi connectivity index (χ1v) is 15.5. The molecule has 1 aromatic carbocycles. The van der Waals surface area contributed by atoms with Gasteiger partial charge in [-0.05, 0) is 82.8 Å². The normalized spacial score (nSPS) is 26.1. The van der Waals surface area contributed by atoms with Gasteiger partial charge in [-0.25, -0.2) is 0 Å². The Labute approximate surface area is 256 Å². The number of phenols is 1. The van der Waals surface area contributed by atoms with Gasteiger partial charge < -0.3 is 46.5 Å². The number of hydrogen-bond acceptors (Lipinski definition) is 9. The van der Waals surface area contributed by atoms with E-state index in [9.17, 15) is 20.1 Å². The number of benzene rings is 1. The van der Waals surface area contributed by atoms with Crippen molar-refractivity contribution in [1.82, 2.24) is 16.0 Å². The number of hydrogen-bond donors (Lipinski definition) is 7. The number of aliphatic hydroxyl groups excluding tert-OH is 2. The van der Waals surface area contributed by atoms with E-state index in [-0.39, 0.29) is 17.8 Å². The van der Waals surface area contributed by atoms with Crippen molar-refractivity contribution in [2.45, 2.75) is 89.6 Å². The molecule has 1 heterocycles. The van der Waals surface area contributed by atoms with Crippen LogP contribution in [0, 0.1) is 23.2 Å². The van der Waals surface area contributed by atoms with Crippen LogP contribution in [0.15, 0.2) is 23.2 Å². The van der Waals surface area contributed by atoms with E-state index in [0.717, 1.165) is 31.5 Å². The first-order chi connectivity index (χ1) is 20.6. The molecule has 240 valence electrons. The summed E-state index contributed by atoms with van der Waals surface area (Å²) in [5.74, 6) is 7.19. The molecule has 1 fully saturated rings. The predicted octanol–water partition coefficient (Wildman–Crippen LogP) is 1.43. The lowest BCUT2D eigenvalue weighted by Crippen LogP contribution is -2.43. The second-order valence-corrected chi connectivity index (χ2v) is 12.0. The Morgan fingerprint density at radius 2 is 2.07 bits per heavy atom. The molecule has 43 heavy (non-hydrogen) atoms. The maximum atomic E-state index is 12.1. The molecule has 1 aliphatic carbocycles. The molecule has 8 N–H and O–H groups in total. The van der Waals surface area contributed by atoms with Crippen molar-refractivity contribution >= 4 is 11.9 Å². The van der Waals surface area contributed by atoms with Gasteiger partial charge in [-0.3, -0.25) is 9.79 Å². The van der Waals surface area contributed by atoms with Crippen molar-refractivity contribution in [3.63, 3.8) is 0 Å². The molecule has 1 saturated heterocycles. The van der Waals surface area contributed by atoms with Gasteiger partial charge in [0, 0.05) is 45.8 Å². The van der Waals surface area contributed by atoms with Crippen molar-refractivity contribution in [2.75, 3.05) is 39.8 Å². The number of rotatable bonds is 12. The van der Waals surface area contributed by atoms with Gasteiger partial charge in [-0.15, -0.1) is 5.92 Å². The monoisotopic (exact) mass is 601 g/mol. The van der Waals surface area contributed by atoms with Crippen LogP contribution >= 0.6 is 0 Å². The minimum Gasteiger partial charge on any atom is -0.504 e. The van der Waals surface area contributed by atoms with Crippen molar-refractivity contribution in [1.29, 1.82) is 0 Å². The van der Waals surface area contributed by atoms with Crippen molar-refractivity contribution in [3.05, 3.63) is 23.8 Å². The molecular weight excluding hydrogens is 550 g/mol. The van der Waals surface area contributed by atoms with E-state index in [1.54, 1.807) is 20.0 Å². The number of carbonyl (C=O) groups is 1.